The van der Waals surface area contributed by atoms with Crippen molar-refractivity contribution >= 4 is 17.2 Å². The topological polar surface area (TPSA) is 66.6 Å². The van der Waals surface area contributed by atoms with Crippen LogP contribution in [0, 0.1) is 17.8 Å². The maximum Gasteiger partial charge on any atom is 0.265 e. The van der Waals surface area contributed by atoms with Crippen LogP contribution >= 0.6 is 11.3 Å². The first kappa shape index (κ1) is 15.0. The van der Waals surface area contributed by atoms with E-state index in [1.54, 1.807) is 0 Å². The number of hydrogen-bond acceptors (Lipinski definition) is 4. The maximum atomic E-state index is 12.5. The van der Waals surface area contributed by atoms with Crippen LogP contribution < -0.4 is 5.73 Å². The van der Waals surface area contributed by atoms with Gasteiger partial charge in [0, 0.05) is 18.7 Å². The van der Waals surface area contributed by atoms with Crippen molar-refractivity contribution in [2.75, 3.05) is 19.6 Å². The van der Waals surface area contributed by atoms with E-state index in [2.05, 4.69) is 11.8 Å². The van der Waals surface area contributed by atoms with Gasteiger partial charge in [-0.05, 0) is 37.1 Å². The number of nitrogens with two attached hydrogens (primary N) is 1. The van der Waals surface area contributed by atoms with Crippen molar-refractivity contribution in [1.29, 1.82) is 0 Å². The summed E-state index contributed by atoms with van der Waals surface area (Å²) < 4.78 is 0. The van der Waals surface area contributed by atoms with Gasteiger partial charge in [-0.3, -0.25) is 4.79 Å². The van der Waals surface area contributed by atoms with Gasteiger partial charge in [-0.2, -0.15) is 0 Å². The van der Waals surface area contributed by atoms with E-state index in [1.165, 1.54) is 11.3 Å². The van der Waals surface area contributed by atoms with Crippen molar-refractivity contribution < 1.29 is 9.90 Å². The van der Waals surface area contributed by atoms with Crippen LogP contribution in [0.5, 0.6) is 0 Å². The first-order chi connectivity index (χ1) is 9.63. The molecular weight excluding hydrogens is 272 g/mol. The van der Waals surface area contributed by atoms with Gasteiger partial charge in [-0.1, -0.05) is 11.8 Å². The van der Waals surface area contributed by atoms with Crippen LogP contribution in [-0.2, 0) is 0 Å². The van der Waals surface area contributed by atoms with E-state index in [9.17, 15) is 9.90 Å². The highest BCUT2D eigenvalue weighted by molar-refractivity contribution is 7.12. The zero-order valence-corrected chi connectivity index (χ0v) is 12.4. The van der Waals surface area contributed by atoms with Gasteiger partial charge in [-0.25, -0.2) is 0 Å². The molecule has 1 fully saturated rings. The number of carbonyl (C=O) groups is 1. The molecule has 1 amide bonds. The number of rotatable bonds is 2. The number of nitrogens with zero attached hydrogens (tertiary/aromatic N) is 1. The van der Waals surface area contributed by atoms with Gasteiger partial charge in [0.25, 0.3) is 5.91 Å². The fourth-order valence-electron chi connectivity index (χ4n) is 2.45. The van der Waals surface area contributed by atoms with Crippen molar-refractivity contribution in [3.63, 3.8) is 0 Å². The fourth-order valence-corrected chi connectivity index (χ4v) is 3.26. The van der Waals surface area contributed by atoms with Gasteiger partial charge in [0.2, 0.25) is 0 Å². The third kappa shape index (κ3) is 3.40. The number of amides is 1. The summed E-state index contributed by atoms with van der Waals surface area (Å²) in [7, 11) is 0. The van der Waals surface area contributed by atoms with E-state index < -0.39 is 0 Å². The van der Waals surface area contributed by atoms with Gasteiger partial charge in [0.1, 0.15) is 4.88 Å². The highest BCUT2D eigenvalue weighted by Gasteiger charge is 2.27. The van der Waals surface area contributed by atoms with Crippen LogP contribution in [0.3, 0.4) is 0 Å². The number of aliphatic hydroxyl groups excluding tert-OH is 1. The van der Waals surface area contributed by atoms with Crippen LogP contribution in [-0.4, -0.2) is 41.7 Å². The van der Waals surface area contributed by atoms with E-state index in [-0.39, 0.29) is 12.0 Å². The highest BCUT2D eigenvalue weighted by Crippen LogP contribution is 2.24. The Hall–Kier alpha value is -1.35. The average molecular weight is 292 g/mol. The highest BCUT2D eigenvalue weighted by atomic mass is 32.1. The molecule has 5 heteroatoms. The second-order valence-corrected chi connectivity index (χ2v) is 5.96. The lowest BCUT2D eigenvalue weighted by Crippen LogP contribution is -2.40. The van der Waals surface area contributed by atoms with Crippen LogP contribution in [0.2, 0.25) is 0 Å². The van der Waals surface area contributed by atoms with Crippen molar-refractivity contribution in [3.05, 3.63) is 21.9 Å². The SMILES string of the molecule is CC(O)C1CCN(C(=O)c2sccc2C#CCN)CC1. The fraction of sp³-hybridized carbons (Fsp3) is 0.533. The molecule has 1 unspecified atom stereocenters. The second-order valence-electron chi connectivity index (χ2n) is 5.04. The molecule has 1 aliphatic heterocycles. The zero-order chi connectivity index (χ0) is 14.5. The summed E-state index contributed by atoms with van der Waals surface area (Å²) in [5.41, 5.74) is 6.14. The second kappa shape index (κ2) is 6.89. The molecule has 0 bridgehead atoms. The van der Waals surface area contributed by atoms with Crippen LogP contribution in [0.25, 0.3) is 0 Å². The lowest BCUT2D eigenvalue weighted by atomic mass is 9.92. The van der Waals surface area contributed by atoms with Gasteiger partial charge in [0.15, 0.2) is 0 Å². The minimum Gasteiger partial charge on any atom is -0.393 e. The van der Waals surface area contributed by atoms with Gasteiger partial charge >= 0.3 is 0 Å². The predicted molar refractivity (Wildman–Crippen MR) is 80.6 cm³/mol. The number of carbonyl (C=O) groups excluding carboxylic acids is 1. The molecule has 4 nitrogen and oxygen atoms in total. The summed E-state index contributed by atoms with van der Waals surface area (Å²) in [6.07, 6.45) is 1.43. The Labute approximate surface area is 123 Å². The van der Waals surface area contributed by atoms with E-state index in [1.807, 2.05) is 23.3 Å². The minimum atomic E-state index is -0.292. The number of thiophene rings is 1. The summed E-state index contributed by atoms with van der Waals surface area (Å²) in [6, 6.07) is 1.86. The zero-order valence-electron chi connectivity index (χ0n) is 11.6. The van der Waals surface area contributed by atoms with Crippen LogP contribution in [0.4, 0.5) is 0 Å². The summed E-state index contributed by atoms with van der Waals surface area (Å²) in [6.45, 7) is 3.53. The average Bonchev–Trinajstić information content (AvgIpc) is 2.92. The normalized spacial score (nSPS) is 17.4. The lowest BCUT2D eigenvalue weighted by Gasteiger charge is -2.33. The Kier molecular flexibility index (Phi) is 5.18. The number of hydrogen-bond donors (Lipinski definition) is 2. The standard InChI is InChI=1S/C15H20N2O2S/c1-11(18)12-4-8-17(9-5-12)15(19)14-13(3-2-7-16)6-10-20-14/h6,10-12,18H,4-5,7-9,16H2,1H3. The van der Waals surface area contributed by atoms with Gasteiger partial charge in [-0.15, -0.1) is 11.3 Å². The molecule has 108 valence electrons. The molecule has 1 saturated heterocycles. The Bertz CT molecular complexity index is 519. The number of aliphatic hydroxyl groups is 1. The first-order valence-electron chi connectivity index (χ1n) is 6.87. The molecule has 1 aromatic rings. The van der Waals surface area contributed by atoms with Gasteiger partial charge in [0.05, 0.1) is 12.6 Å². The van der Waals surface area contributed by atoms with Crippen molar-refractivity contribution in [3.8, 4) is 11.8 Å². The molecule has 1 atom stereocenters. The van der Waals surface area contributed by atoms with Crippen LogP contribution in [0.1, 0.15) is 35.0 Å². The molecule has 0 spiro atoms. The summed E-state index contributed by atoms with van der Waals surface area (Å²) in [4.78, 5) is 15.1. The number of piperidine rings is 1. The molecule has 3 N–H and O–H groups in total. The predicted octanol–water partition coefficient (Wildman–Crippen LogP) is 1.29. The van der Waals surface area contributed by atoms with E-state index in [0.717, 1.165) is 18.4 Å². The Balaban J connectivity index is 2.04. The van der Waals surface area contributed by atoms with Crippen LogP contribution in [0.15, 0.2) is 11.4 Å². The number of likely N-dealkylation sites (tertiary alicyclic amines) is 1. The molecular formula is C15H20N2O2S. The summed E-state index contributed by atoms with van der Waals surface area (Å²) >= 11 is 1.42. The van der Waals surface area contributed by atoms with E-state index in [0.29, 0.717) is 30.4 Å². The monoisotopic (exact) mass is 292 g/mol. The Morgan fingerprint density at radius 3 is 2.90 bits per heavy atom. The molecule has 2 heterocycles. The maximum absolute atomic E-state index is 12.5. The third-order valence-corrected chi connectivity index (χ3v) is 4.60. The summed E-state index contributed by atoms with van der Waals surface area (Å²) in [5, 5.41) is 11.5. The summed E-state index contributed by atoms with van der Waals surface area (Å²) in [5.74, 6) is 6.09. The molecule has 1 aliphatic rings. The van der Waals surface area contributed by atoms with Crippen molar-refractivity contribution in [2.45, 2.75) is 25.9 Å². The smallest absolute Gasteiger partial charge is 0.265 e. The third-order valence-electron chi connectivity index (χ3n) is 3.69. The van der Waals surface area contributed by atoms with Gasteiger partial charge < -0.3 is 15.7 Å². The van der Waals surface area contributed by atoms with Crippen molar-refractivity contribution in [1.82, 2.24) is 4.90 Å². The molecule has 1 aromatic heterocycles. The molecule has 0 aromatic carbocycles. The Morgan fingerprint density at radius 1 is 1.60 bits per heavy atom. The molecule has 0 saturated carbocycles. The van der Waals surface area contributed by atoms with E-state index >= 15 is 0 Å². The molecule has 0 radical (unpaired) electrons. The van der Waals surface area contributed by atoms with E-state index in [4.69, 9.17) is 5.73 Å². The largest absolute Gasteiger partial charge is 0.393 e. The quantitative estimate of drug-likeness (QED) is 0.807. The minimum absolute atomic E-state index is 0.0466. The first-order valence-corrected chi connectivity index (χ1v) is 7.75. The van der Waals surface area contributed by atoms with Crippen molar-refractivity contribution in [2.24, 2.45) is 11.7 Å². The molecule has 20 heavy (non-hydrogen) atoms. The Morgan fingerprint density at radius 2 is 2.30 bits per heavy atom. The molecule has 0 aliphatic carbocycles. The lowest BCUT2D eigenvalue weighted by molar-refractivity contribution is 0.0525. The molecule has 2 rings (SSSR count).